The fourth-order valence-corrected chi connectivity index (χ4v) is 4.76. The Bertz CT molecular complexity index is 441. The molecule has 0 aromatic heterocycles. The number of sulfone groups is 1. The topological polar surface area (TPSA) is 34.1 Å². The minimum atomic E-state index is -3.24. The summed E-state index contributed by atoms with van der Waals surface area (Å²) in [7, 11) is -3.24. The molecule has 1 aliphatic carbocycles. The molecule has 0 spiro atoms. The number of hydrogen-bond donors (Lipinski definition) is 0. The lowest BCUT2D eigenvalue weighted by molar-refractivity contribution is 0.489. The third kappa shape index (κ3) is 2.25. The minimum absolute atomic E-state index is 0.237. The lowest BCUT2D eigenvalue weighted by Crippen LogP contribution is -2.33. The van der Waals surface area contributed by atoms with Crippen molar-refractivity contribution in [1.82, 2.24) is 0 Å². The molecule has 0 N–H and O–H groups in total. The van der Waals surface area contributed by atoms with Crippen LogP contribution in [0.4, 0.5) is 0 Å². The van der Waals surface area contributed by atoms with Gasteiger partial charge in [0.1, 0.15) is 0 Å². The van der Waals surface area contributed by atoms with E-state index >= 15 is 0 Å². The monoisotopic (exact) mass is 258 g/mol. The van der Waals surface area contributed by atoms with Gasteiger partial charge in [0.05, 0.1) is 15.5 Å². The molecule has 0 amide bonds. The van der Waals surface area contributed by atoms with Gasteiger partial charge in [-0.3, -0.25) is 0 Å². The smallest absolute Gasteiger partial charge is 0.182 e. The summed E-state index contributed by atoms with van der Waals surface area (Å²) in [4.78, 5) is 0.396. The second kappa shape index (κ2) is 4.76. The Morgan fingerprint density at radius 1 is 1.06 bits per heavy atom. The second-order valence-electron chi connectivity index (χ2n) is 4.20. The molecule has 0 heterocycles. The number of hydrogen-bond acceptors (Lipinski definition) is 2. The van der Waals surface area contributed by atoms with Gasteiger partial charge in [0.25, 0.3) is 0 Å². The van der Waals surface area contributed by atoms with E-state index in [4.69, 9.17) is 11.6 Å². The van der Waals surface area contributed by atoms with Crippen LogP contribution in [0.5, 0.6) is 0 Å². The van der Waals surface area contributed by atoms with Crippen molar-refractivity contribution >= 4 is 21.4 Å². The molecule has 0 aliphatic heterocycles. The summed E-state index contributed by atoms with van der Waals surface area (Å²) >= 11 is 6.14. The summed E-state index contributed by atoms with van der Waals surface area (Å²) in [5.74, 6) is 0. The van der Waals surface area contributed by atoms with Crippen LogP contribution in [0.1, 0.15) is 25.7 Å². The molecule has 1 saturated carbocycles. The van der Waals surface area contributed by atoms with Gasteiger partial charge in [-0.25, -0.2) is 8.42 Å². The molecule has 1 aliphatic rings. The highest BCUT2D eigenvalue weighted by Gasteiger charge is 2.35. The molecule has 0 bridgehead atoms. The Labute approximate surface area is 102 Å². The maximum Gasteiger partial charge on any atom is 0.182 e. The molecular weight excluding hydrogens is 244 g/mol. The summed E-state index contributed by atoms with van der Waals surface area (Å²) in [6.45, 7) is 0. The Hall–Kier alpha value is -0.540. The summed E-state index contributed by atoms with van der Waals surface area (Å²) < 4.78 is 24.6. The number of benzene rings is 1. The summed E-state index contributed by atoms with van der Waals surface area (Å²) in [6.07, 6.45) is 3.48. The zero-order valence-electron chi connectivity index (χ0n) is 8.97. The van der Waals surface area contributed by atoms with E-state index in [0.717, 1.165) is 19.3 Å². The normalized spacial score (nSPS) is 26.6. The molecule has 0 saturated heterocycles. The van der Waals surface area contributed by atoms with Crippen molar-refractivity contribution in [1.29, 1.82) is 0 Å². The molecule has 0 radical (unpaired) electrons. The molecule has 2 atom stereocenters. The van der Waals surface area contributed by atoms with E-state index in [-0.39, 0.29) is 5.38 Å². The van der Waals surface area contributed by atoms with E-state index in [1.807, 2.05) is 6.07 Å². The first-order valence-electron chi connectivity index (χ1n) is 5.55. The molecule has 1 fully saturated rings. The van der Waals surface area contributed by atoms with Crippen LogP contribution < -0.4 is 0 Å². The second-order valence-corrected chi connectivity index (χ2v) is 6.92. The van der Waals surface area contributed by atoms with E-state index in [1.54, 1.807) is 24.3 Å². The first-order chi connectivity index (χ1) is 7.62. The van der Waals surface area contributed by atoms with E-state index in [9.17, 15) is 8.42 Å². The number of alkyl halides is 1. The van der Waals surface area contributed by atoms with Gasteiger partial charge in [0.15, 0.2) is 9.84 Å². The van der Waals surface area contributed by atoms with Crippen molar-refractivity contribution in [3.8, 4) is 0 Å². The van der Waals surface area contributed by atoms with Crippen LogP contribution in [0.25, 0.3) is 0 Å². The SMILES string of the molecule is O=S(=O)(c1ccccc1)[C@@H]1CCCC[C@H]1Cl. The van der Waals surface area contributed by atoms with Gasteiger partial charge in [-0.2, -0.15) is 0 Å². The van der Waals surface area contributed by atoms with E-state index < -0.39 is 15.1 Å². The molecule has 0 unspecified atom stereocenters. The Morgan fingerprint density at radius 2 is 1.69 bits per heavy atom. The summed E-state index contributed by atoms with van der Waals surface area (Å²) in [6, 6.07) is 8.61. The van der Waals surface area contributed by atoms with Crippen LogP contribution in [0.15, 0.2) is 35.2 Å². The number of rotatable bonds is 2. The van der Waals surface area contributed by atoms with Gasteiger partial charge in [0.2, 0.25) is 0 Å². The molecule has 2 nitrogen and oxygen atoms in total. The van der Waals surface area contributed by atoms with E-state index in [2.05, 4.69) is 0 Å². The van der Waals surface area contributed by atoms with Gasteiger partial charge in [-0.15, -0.1) is 11.6 Å². The highest BCUT2D eigenvalue weighted by Crippen LogP contribution is 2.31. The van der Waals surface area contributed by atoms with Crippen molar-refractivity contribution in [2.75, 3.05) is 0 Å². The van der Waals surface area contributed by atoms with Crippen LogP contribution in [-0.4, -0.2) is 19.0 Å². The zero-order valence-corrected chi connectivity index (χ0v) is 10.5. The summed E-state index contributed by atoms with van der Waals surface area (Å²) in [5.41, 5.74) is 0. The minimum Gasteiger partial charge on any atom is -0.223 e. The predicted molar refractivity (Wildman–Crippen MR) is 65.5 cm³/mol. The largest absolute Gasteiger partial charge is 0.223 e. The van der Waals surface area contributed by atoms with Crippen LogP contribution in [0, 0.1) is 0 Å². The quantitative estimate of drug-likeness (QED) is 0.765. The van der Waals surface area contributed by atoms with E-state index in [0.29, 0.717) is 11.3 Å². The van der Waals surface area contributed by atoms with Gasteiger partial charge >= 0.3 is 0 Å². The average molecular weight is 259 g/mol. The Kier molecular flexibility index (Phi) is 3.55. The molecular formula is C12H15ClO2S. The molecule has 4 heteroatoms. The van der Waals surface area contributed by atoms with Gasteiger partial charge in [-0.05, 0) is 25.0 Å². The lowest BCUT2D eigenvalue weighted by Gasteiger charge is -2.26. The molecule has 88 valence electrons. The highest BCUT2D eigenvalue weighted by molar-refractivity contribution is 7.92. The van der Waals surface area contributed by atoms with Crippen molar-refractivity contribution in [3.63, 3.8) is 0 Å². The fourth-order valence-electron chi connectivity index (χ4n) is 2.19. The van der Waals surface area contributed by atoms with E-state index in [1.165, 1.54) is 0 Å². The first-order valence-corrected chi connectivity index (χ1v) is 7.53. The lowest BCUT2D eigenvalue weighted by atomic mass is 10.00. The predicted octanol–water partition coefficient (Wildman–Crippen LogP) is 3.01. The third-order valence-electron chi connectivity index (χ3n) is 3.09. The third-order valence-corrected chi connectivity index (χ3v) is 6.05. The molecule has 16 heavy (non-hydrogen) atoms. The first kappa shape index (κ1) is 11.9. The zero-order chi connectivity index (χ0) is 11.6. The number of halogens is 1. The van der Waals surface area contributed by atoms with Crippen LogP contribution in [0.2, 0.25) is 0 Å². The molecule has 1 aromatic rings. The molecule has 2 rings (SSSR count). The highest BCUT2D eigenvalue weighted by atomic mass is 35.5. The Morgan fingerprint density at radius 3 is 2.31 bits per heavy atom. The molecule has 1 aromatic carbocycles. The average Bonchev–Trinajstić information content (AvgIpc) is 2.30. The fraction of sp³-hybridized carbons (Fsp3) is 0.500. The Balaban J connectivity index is 2.32. The van der Waals surface area contributed by atoms with Crippen LogP contribution in [0.3, 0.4) is 0 Å². The van der Waals surface area contributed by atoms with Crippen molar-refractivity contribution < 1.29 is 8.42 Å². The van der Waals surface area contributed by atoms with Crippen LogP contribution >= 0.6 is 11.6 Å². The van der Waals surface area contributed by atoms with Crippen molar-refractivity contribution in [3.05, 3.63) is 30.3 Å². The van der Waals surface area contributed by atoms with Crippen LogP contribution in [-0.2, 0) is 9.84 Å². The standard InChI is InChI=1S/C12H15ClO2S/c13-11-8-4-5-9-12(11)16(14,15)10-6-2-1-3-7-10/h1-3,6-7,11-12H,4-5,8-9H2/t11-,12-/m1/s1. The van der Waals surface area contributed by atoms with Gasteiger partial charge < -0.3 is 0 Å². The van der Waals surface area contributed by atoms with Crippen molar-refractivity contribution in [2.45, 2.75) is 41.2 Å². The maximum absolute atomic E-state index is 12.3. The van der Waals surface area contributed by atoms with Crippen molar-refractivity contribution in [2.24, 2.45) is 0 Å². The summed E-state index contributed by atoms with van der Waals surface area (Å²) in [5, 5.41) is -0.649. The van der Waals surface area contributed by atoms with Gasteiger partial charge in [-0.1, -0.05) is 31.0 Å². The maximum atomic E-state index is 12.3. The van der Waals surface area contributed by atoms with Gasteiger partial charge in [0, 0.05) is 0 Å².